The van der Waals surface area contributed by atoms with Crippen molar-refractivity contribution in [1.29, 1.82) is 0 Å². The molecule has 0 saturated heterocycles. The Morgan fingerprint density at radius 1 is 1.05 bits per heavy atom. The summed E-state index contributed by atoms with van der Waals surface area (Å²) in [5.41, 5.74) is 2.25. The molecule has 0 amide bonds. The molecular formula is C15H12ClN3O2S. The Morgan fingerprint density at radius 2 is 1.77 bits per heavy atom. The predicted molar refractivity (Wildman–Crippen MR) is 86.5 cm³/mol. The number of nitrogens with zero attached hydrogens (tertiary/aromatic N) is 2. The van der Waals surface area contributed by atoms with Crippen LogP contribution in [0.15, 0.2) is 53.7 Å². The zero-order valence-electron chi connectivity index (χ0n) is 11.6. The van der Waals surface area contributed by atoms with Gasteiger partial charge in [0.1, 0.15) is 0 Å². The van der Waals surface area contributed by atoms with Crippen molar-refractivity contribution < 1.29 is 8.42 Å². The first-order valence-electron chi connectivity index (χ1n) is 6.46. The van der Waals surface area contributed by atoms with Gasteiger partial charge in [0.15, 0.2) is 0 Å². The van der Waals surface area contributed by atoms with Crippen LogP contribution in [-0.4, -0.2) is 18.4 Å². The first kappa shape index (κ1) is 14.7. The van der Waals surface area contributed by atoms with Crippen molar-refractivity contribution in [2.45, 2.75) is 11.8 Å². The van der Waals surface area contributed by atoms with E-state index in [1.54, 1.807) is 49.6 Å². The van der Waals surface area contributed by atoms with Crippen LogP contribution in [-0.2, 0) is 10.0 Å². The molecule has 0 spiro atoms. The van der Waals surface area contributed by atoms with E-state index in [4.69, 9.17) is 11.6 Å². The van der Waals surface area contributed by atoms with Crippen LogP contribution < -0.4 is 4.72 Å². The summed E-state index contributed by atoms with van der Waals surface area (Å²) in [5, 5.41) is 0.409. The van der Waals surface area contributed by atoms with Gasteiger partial charge in [-0.25, -0.2) is 8.42 Å². The molecule has 0 atom stereocenters. The van der Waals surface area contributed by atoms with Gasteiger partial charge < -0.3 is 0 Å². The molecular weight excluding hydrogens is 322 g/mol. The Bertz CT molecular complexity index is 958. The van der Waals surface area contributed by atoms with Gasteiger partial charge in [0, 0.05) is 17.4 Å². The lowest BCUT2D eigenvalue weighted by atomic mass is 10.2. The van der Waals surface area contributed by atoms with Crippen LogP contribution in [0.1, 0.15) is 5.56 Å². The third-order valence-electron chi connectivity index (χ3n) is 3.23. The minimum Gasteiger partial charge on any atom is -0.280 e. The Morgan fingerprint density at radius 3 is 2.55 bits per heavy atom. The predicted octanol–water partition coefficient (Wildman–Crippen LogP) is 3.39. The van der Waals surface area contributed by atoms with Crippen LogP contribution in [0, 0.1) is 6.92 Å². The molecule has 0 aliphatic heterocycles. The molecule has 3 rings (SSSR count). The normalized spacial score (nSPS) is 11.5. The summed E-state index contributed by atoms with van der Waals surface area (Å²) >= 11 is 5.99. The average Bonchev–Trinajstić information content (AvgIpc) is 2.49. The maximum atomic E-state index is 12.5. The molecule has 1 heterocycles. The number of nitrogens with one attached hydrogen (secondary N) is 1. The number of benzene rings is 2. The summed E-state index contributed by atoms with van der Waals surface area (Å²) in [6, 6.07) is 9.78. The summed E-state index contributed by atoms with van der Waals surface area (Å²) < 4.78 is 27.6. The molecule has 0 unspecified atom stereocenters. The molecule has 0 fully saturated rings. The van der Waals surface area contributed by atoms with E-state index in [2.05, 4.69) is 14.7 Å². The molecule has 22 heavy (non-hydrogen) atoms. The van der Waals surface area contributed by atoms with Gasteiger partial charge in [-0.2, -0.15) is 0 Å². The second-order valence-corrected chi connectivity index (χ2v) is 6.79. The molecule has 0 aliphatic carbocycles. The lowest BCUT2D eigenvalue weighted by molar-refractivity contribution is 0.600. The molecule has 0 radical (unpaired) electrons. The molecule has 2 aromatic carbocycles. The number of hydrogen-bond acceptors (Lipinski definition) is 4. The number of fused-ring (bicyclic) bond motifs is 1. The van der Waals surface area contributed by atoms with E-state index in [1.165, 1.54) is 6.07 Å². The maximum Gasteiger partial charge on any atom is 0.262 e. The van der Waals surface area contributed by atoms with Crippen LogP contribution in [0.2, 0.25) is 5.02 Å². The topological polar surface area (TPSA) is 72.0 Å². The highest BCUT2D eigenvalue weighted by molar-refractivity contribution is 7.92. The number of aromatic nitrogens is 2. The number of anilines is 1. The van der Waals surface area contributed by atoms with Crippen LogP contribution >= 0.6 is 11.6 Å². The van der Waals surface area contributed by atoms with Gasteiger partial charge in [-0.05, 0) is 42.8 Å². The Balaban J connectivity index is 2.01. The van der Waals surface area contributed by atoms with Crippen molar-refractivity contribution in [1.82, 2.24) is 9.97 Å². The SMILES string of the molecule is Cc1c(Cl)cccc1S(=O)(=O)Nc1ccc2nccnc2c1. The molecule has 0 saturated carbocycles. The fraction of sp³-hybridized carbons (Fsp3) is 0.0667. The Kier molecular flexibility index (Phi) is 3.72. The van der Waals surface area contributed by atoms with Crippen molar-refractivity contribution in [2.24, 2.45) is 0 Å². The van der Waals surface area contributed by atoms with Crippen molar-refractivity contribution in [3.8, 4) is 0 Å². The van der Waals surface area contributed by atoms with Crippen LogP contribution in [0.5, 0.6) is 0 Å². The Labute approximate surface area is 133 Å². The van der Waals surface area contributed by atoms with Crippen molar-refractivity contribution >= 4 is 38.3 Å². The van der Waals surface area contributed by atoms with Gasteiger partial charge in [-0.1, -0.05) is 17.7 Å². The zero-order chi connectivity index (χ0) is 15.7. The summed E-state index contributed by atoms with van der Waals surface area (Å²) in [7, 11) is -3.72. The quantitative estimate of drug-likeness (QED) is 0.797. The summed E-state index contributed by atoms with van der Waals surface area (Å²) in [5.74, 6) is 0. The third kappa shape index (κ3) is 2.75. The monoisotopic (exact) mass is 333 g/mol. The van der Waals surface area contributed by atoms with Crippen LogP contribution in [0.3, 0.4) is 0 Å². The standard InChI is InChI=1S/C15H12ClN3O2S/c1-10-12(16)3-2-4-15(10)22(20,21)19-11-5-6-13-14(9-11)18-8-7-17-13/h2-9,19H,1H3. The molecule has 1 N–H and O–H groups in total. The first-order chi connectivity index (χ1) is 10.5. The van der Waals surface area contributed by atoms with E-state index in [0.717, 1.165) is 0 Å². The minimum absolute atomic E-state index is 0.152. The second kappa shape index (κ2) is 5.55. The van der Waals surface area contributed by atoms with E-state index in [1.807, 2.05) is 0 Å². The summed E-state index contributed by atoms with van der Waals surface area (Å²) in [6.45, 7) is 1.67. The zero-order valence-corrected chi connectivity index (χ0v) is 13.2. The van der Waals surface area contributed by atoms with Gasteiger partial charge in [-0.3, -0.25) is 14.7 Å². The van der Waals surface area contributed by atoms with Gasteiger partial charge in [0.25, 0.3) is 10.0 Å². The van der Waals surface area contributed by atoms with E-state index in [-0.39, 0.29) is 4.90 Å². The van der Waals surface area contributed by atoms with Crippen LogP contribution in [0.4, 0.5) is 5.69 Å². The average molecular weight is 334 g/mol. The number of sulfonamides is 1. The molecule has 1 aromatic heterocycles. The number of rotatable bonds is 3. The van der Waals surface area contributed by atoms with Crippen LogP contribution in [0.25, 0.3) is 11.0 Å². The fourth-order valence-corrected chi connectivity index (χ4v) is 3.66. The van der Waals surface area contributed by atoms with Crippen molar-refractivity contribution in [3.05, 3.63) is 59.4 Å². The van der Waals surface area contributed by atoms with Crippen molar-refractivity contribution in [2.75, 3.05) is 4.72 Å². The summed E-state index contributed by atoms with van der Waals surface area (Å²) in [6.07, 6.45) is 3.14. The smallest absolute Gasteiger partial charge is 0.262 e. The van der Waals surface area contributed by atoms with Gasteiger partial charge in [-0.15, -0.1) is 0 Å². The highest BCUT2D eigenvalue weighted by atomic mass is 35.5. The molecule has 112 valence electrons. The van der Waals surface area contributed by atoms with Gasteiger partial charge >= 0.3 is 0 Å². The first-order valence-corrected chi connectivity index (χ1v) is 8.32. The van der Waals surface area contributed by atoms with Gasteiger partial charge in [0.2, 0.25) is 0 Å². The van der Waals surface area contributed by atoms with Gasteiger partial charge in [0.05, 0.1) is 21.6 Å². The second-order valence-electron chi connectivity index (χ2n) is 4.73. The summed E-state index contributed by atoms with van der Waals surface area (Å²) in [4.78, 5) is 8.46. The highest BCUT2D eigenvalue weighted by Gasteiger charge is 2.18. The van der Waals surface area contributed by atoms with E-state index in [9.17, 15) is 8.42 Å². The van der Waals surface area contributed by atoms with E-state index < -0.39 is 10.0 Å². The fourth-order valence-electron chi connectivity index (χ4n) is 2.12. The lowest BCUT2D eigenvalue weighted by Gasteiger charge is -2.11. The Hall–Kier alpha value is -2.18. The van der Waals surface area contributed by atoms with E-state index in [0.29, 0.717) is 27.3 Å². The van der Waals surface area contributed by atoms with Crippen molar-refractivity contribution in [3.63, 3.8) is 0 Å². The number of hydrogen-bond donors (Lipinski definition) is 1. The lowest BCUT2D eigenvalue weighted by Crippen LogP contribution is -2.14. The highest BCUT2D eigenvalue weighted by Crippen LogP contribution is 2.25. The molecule has 5 nitrogen and oxygen atoms in total. The minimum atomic E-state index is -3.72. The molecule has 3 aromatic rings. The molecule has 7 heteroatoms. The maximum absolute atomic E-state index is 12.5. The molecule has 0 aliphatic rings. The molecule has 0 bridgehead atoms. The third-order valence-corrected chi connectivity index (χ3v) is 5.16. The van der Waals surface area contributed by atoms with E-state index >= 15 is 0 Å². The largest absolute Gasteiger partial charge is 0.280 e. The number of halogens is 1.